The number of hydrogen-bond donors (Lipinski definition) is 2. The van der Waals surface area contributed by atoms with Crippen molar-refractivity contribution in [3.8, 4) is 24.3 Å². The Hall–Kier alpha value is -2.96. The monoisotopic (exact) mass is 278 g/mol. The van der Waals surface area contributed by atoms with Crippen molar-refractivity contribution in [2.75, 3.05) is 0 Å². The first-order valence-corrected chi connectivity index (χ1v) is 6.76. The van der Waals surface area contributed by atoms with Crippen molar-refractivity contribution in [3.05, 3.63) is 22.7 Å². The zero-order chi connectivity index (χ0) is 15.5. The predicted octanol–water partition coefficient (Wildman–Crippen LogP) is 1.68. The van der Waals surface area contributed by atoms with Gasteiger partial charge >= 0.3 is 0 Å². The third-order valence-electron chi connectivity index (χ3n) is 4.24. The third-order valence-corrected chi connectivity index (χ3v) is 4.24. The van der Waals surface area contributed by atoms with E-state index >= 15 is 0 Å². The molecule has 0 atom stereocenters. The Kier molecular flexibility index (Phi) is 3.84. The Labute approximate surface area is 123 Å². The molecule has 0 aromatic rings. The molecule has 2 aliphatic rings. The second-order valence-electron chi connectivity index (χ2n) is 5.26. The molecule has 1 saturated carbocycles. The highest BCUT2D eigenvalue weighted by molar-refractivity contribution is 5.54. The molecule has 1 spiro atoms. The van der Waals surface area contributed by atoms with E-state index in [0.29, 0.717) is 24.0 Å². The molecule has 2 rings (SSSR count). The summed E-state index contributed by atoms with van der Waals surface area (Å²) in [5.41, 5.74) is 6.11. The van der Waals surface area contributed by atoms with Gasteiger partial charge in [0.15, 0.2) is 5.92 Å². The number of hydrogen-bond acceptors (Lipinski definition) is 6. The summed E-state index contributed by atoms with van der Waals surface area (Å²) in [6, 6.07) is 7.97. The molecule has 3 N–H and O–H groups in total. The van der Waals surface area contributed by atoms with E-state index in [1.807, 2.05) is 12.1 Å². The zero-order valence-corrected chi connectivity index (χ0v) is 11.5. The smallest absolute Gasteiger partial charge is 0.173 e. The normalized spacial score (nSPS) is 20.2. The molecule has 6 heteroatoms. The first-order valence-electron chi connectivity index (χ1n) is 6.76. The van der Waals surface area contributed by atoms with Crippen molar-refractivity contribution in [2.24, 2.45) is 17.1 Å². The molecule has 6 nitrogen and oxygen atoms in total. The third kappa shape index (κ3) is 2.08. The molecule has 1 aliphatic carbocycles. The van der Waals surface area contributed by atoms with Crippen LogP contribution in [-0.2, 0) is 0 Å². The number of nitrogens with one attached hydrogen (secondary N) is 1. The summed E-state index contributed by atoms with van der Waals surface area (Å²) in [5, 5.41) is 40.0. The van der Waals surface area contributed by atoms with Gasteiger partial charge in [-0.25, -0.2) is 0 Å². The van der Waals surface area contributed by atoms with Gasteiger partial charge in [0.25, 0.3) is 0 Å². The molecule has 0 radical (unpaired) electrons. The SMILES string of the molecule is N#CC1=C(N)NC(C(C#N)C#N)=C(C#N)C12CCCCC2. The molecule has 0 unspecified atom stereocenters. The van der Waals surface area contributed by atoms with E-state index in [4.69, 9.17) is 16.3 Å². The summed E-state index contributed by atoms with van der Waals surface area (Å²) in [5.74, 6) is -0.929. The lowest BCUT2D eigenvalue weighted by Crippen LogP contribution is -2.41. The molecule has 1 heterocycles. The van der Waals surface area contributed by atoms with Crippen molar-refractivity contribution in [2.45, 2.75) is 32.1 Å². The number of dihydropyridines is 1. The van der Waals surface area contributed by atoms with Crippen LogP contribution in [0.25, 0.3) is 0 Å². The fourth-order valence-electron chi connectivity index (χ4n) is 3.27. The van der Waals surface area contributed by atoms with Crippen LogP contribution in [-0.4, -0.2) is 0 Å². The predicted molar refractivity (Wildman–Crippen MR) is 72.8 cm³/mol. The standard InChI is InChI=1S/C15H14N6/c16-6-10(7-17)13-11(8-18)15(4-2-1-3-5-15)12(9-19)14(20)21-13/h10,21H,1-5,20H2. The first-order chi connectivity index (χ1) is 10.1. The van der Waals surface area contributed by atoms with Crippen LogP contribution in [0, 0.1) is 56.7 Å². The molecule has 0 aromatic heterocycles. The maximum absolute atomic E-state index is 9.58. The Morgan fingerprint density at radius 2 is 1.52 bits per heavy atom. The fourth-order valence-corrected chi connectivity index (χ4v) is 3.27. The van der Waals surface area contributed by atoms with Gasteiger partial charge in [-0.15, -0.1) is 0 Å². The highest BCUT2D eigenvalue weighted by atomic mass is 15.0. The molecular weight excluding hydrogens is 264 g/mol. The Bertz CT molecular complexity index is 666. The maximum atomic E-state index is 9.58. The van der Waals surface area contributed by atoms with Crippen molar-refractivity contribution in [1.82, 2.24) is 5.32 Å². The maximum Gasteiger partial charge on any atom is 0.173 e. The molecule has 0 bridgehead atoms. The van der Waals surface area contributed by atoms with Gasteiger partial charge in [0.05, 0.1) is 41.1 Å². The van der Waals surface area contributed by atoms with Gasteiger partial charge in [0, 0.05) is 5.41 Å². The van der Waals surface area contributed by atoms with Crippen LogP contribution >= 0.6 is 0 Å². The second-order valence-corrected chi connectivity index (χ2v) is 5.26. The number of rotatable bonds is 1. The van der Waals surface area contributed by atoms with Gasteiger partial charge in [0.1, 0.15) is 5.82 Å². The molecule has 0 aromatic carbocycles. The average molecular weight is 278 g/mol. The van der Waals surface area contributed by atoms with Gasteiger partial charge in [-0.05, 0) is 12.8 Å². The van der Waals surface area contributed by atoms with Crippen LogP contribution in [0.3, 0.4) is 0 Å². The Balaban J connectivity index is 2.69. The van der Waals surface area contributed by atoms with Gasteiger partial charge in [-0.1, -0.05) is 19.3 Å². The number of nitriles is 4. The quantitative estimate of drug-likeness (QED) is 0.749. The minimum absolute atomic E-state index is 0.156. The van der Waals surface area contributed by atoms with Crippen molar-refractivity contribution in [3.63, 3.8) is 0 Å². The highest BCUT2D eigenvalue weighted by Crippen LogP contribution is 2.51. The molecular formula is C15H14N6. The number of allylic oxidation sites excluding steroid dienone is 3. The summed E-state index contributed by atoms with van der Waals surface area (Å²) in [4.78, 5) is 0. The largest absolute Gasteiger partial charge is 0.384 e. The van der Waals surface area contributed by atoms with E-state index in [1.165, 1.54) is 0 Å². The van der Waals surface area contributed by atoms with Crippen LogP contribution in [0.2, 0.25) is 0 Å². The summed E-state index contributed by atoms with van der Waals surface area (Å²) in [7, 11) is 0. The topological polar surface area (TPSA) is 133 Å². The van der Waals surface area contributed by atoms with Crippen LogP contribution < -0.4 is 11.1 Å². The van der Waals surface area contributed by atoms with Crippen LogP contribution in [0.4, 0.5) is 0 Å². The number of nitrogens with zero attached hydrogens (tertiary/aromatic N) is 4. The van der Waals surface area contributed by atoms with E-state index in [9.17, 15) is 10.5 Å². The highest BCUT2D eigenvalue weighted by Gasteiger charge is 2.46. The average Bonchev–Trinajstić information content (AvgIpc) is 2.50. The zero-order valence-electron chi connectivity index (χ0n) is 11.5. The minimum Gasteiger partial charge on any atom is -0.384 e. The molecule has 0 amide bonds. The van der Waals surface area contributed by atoms with Crippen molar-refractivity contribution in [1.29, 1.82) is 21.0 Å². The van der Waals surface area contributed by atoms with Gasteiger partial charge in [0.2, 0.25) is 0 Å². The first kappa shape index (κ1) is 14.4. The van der Waals surface area contributed by atoms with Crippen molar-refractivity contribution < 1.29 is 0 Å². The summed E-state index contributed by atoms with van der Waals surface area (Å²) < 4.78 is 0. The molecule has 1 fully saturated rings. The number of nitrogens with two attached hydrogens (primary N) is 1. The molecule has 104 valence electrons. The summed E-state index contributed by atoms with van der Waals surface area (Å²) in [6.45, 7) is 0. The second kappa shape index (κ2) is 5.58. The van der Waals surface area contributed by atoms with E-state index in [-0.39, 0.29) is 11.5 Å². The van der Waals surface area contributed by atoms with E-state index < -0.39 is 11.3 Å². The Morgan fingerprint density at radius 3 is 2.00 bits per heavy atom. The van der Waals surface area contributed by atoms with Gasteiger partial charge in [-0.2, -0.15) is 21.0 Å². The van der Waals surface area contributed by atoms with Crippen molar-refractivity contribution >= 4 is 0 Å². The van der Waals surface area contributed by atoms with Crippen LogP contribution in [0.5, 0.6) is 0 Å². The van der Waals surface area contributed by atoms with E-state index in [1.54, 1.807) is 0 Å². The molecule has 1 aliphatic heterocycles. The summed E-state index contributed by atoms with van der Waals surface area (Å²) in [6.07, 6.45) is 4.12. The van der Waals surface area contributed by atoms with E-state index in [2.05, 4.69) is 17.5 Å². The lowest BCUT2D eigenvalue weighted by Gasteiger charge is -2.41. The van der Waals surface area contributed by atoms with Crippen LogP contribution in [0.1, 0.15) is 32.1 Å². The summed E-state index contributed by atoms with van der Waals surface area (Å²) >= 11 is 0. The van der Waals surface area contributed by atoms with Gasteiger partial charge in [-0.3, -0.25) is 0 Å². The lowest BCUT2D eigenvalue weighted by molar-refractivity contribution is 0.290. The fraction of sp³-hybridized carbons (Fsp3) is 0.467. The molecule has 21 heavy (non-hydrogen) atoms. The van der Waals surface area contributed by atoms with E-state index in [0.717, 1.165) is 19.3 Å². The molecule has 0 saturated heterocycles. The van der Waals surface area contributed by atoms with Crippen LogP contribution in [0.15, 0.2) is 22.7 Å². The Morgan fingerprint density at radius 1 is 0.952 bits per heavy atom. The minimum atomic E-state index is -1.09. The lowest BCUT2D eigenvalue weighted by atomic mass is 9.62. The van der Waals surface area contributed by atoms with Gasteiger partial charge < -0.3 is 11.1 Å².